The summed E-state index contributed by atoms with van der Waals surface area (Å²) in [5.41, 5.74) is 7.57. The van der Waals surface area contributed by atoms with Crippen molar-refractivity contribution in [2.24, 2.45) is 10.2 Å². The summed E-state index contributed by atoms with van der Waals surface area (Å²) in [5, 5.41) is 25.3. The molecule has 0 atom stereocenters. The van der Waals surface area contributed by atoms with E-state index < -0.39 is 0 Å². The summed E-state index contributed by atoms with van der Waals surface area (Å²) < 4.78 is 0. The highest BCUT2D eigenvalue weighted by atomic mass is 32.2. The Labute approximate surface area is 184 Å². The number of thioether (sulfide) groups is 1. The largest absolute Gasteiger partial charge is 0.273 e. The average molecular weight is 433 g/mol. The smallest absolute Gasteiger partial charge is 0.240 e. The molecular weight excluding hydrogens is 412 g/mol. The van der Waals surface area contributed by atoms with Crippen LogP contribution in [-0.4, -0.2) is 35.7 Å². The van der Waals surface area contributed by atoms with E-state index in [-0.39, 0.29) is 24.7 Å². The molecule has 2 rings (SSSR count). The van der Waals surface area contributed by atoms with E-state index in [0.29, 0.717) is 22.6 Å². The molecule has 2 aromatic rings. The fourth-order valence-corrected chi connectivity index (χ4v) is 3.05. The van der Waals surface area contributed by atoms with Gasteiger partial charge in [-0.05, 0) is 35.4 Å². The lowest BCUT2D eigenvalue weighted by Gasteiger charge is -2.01. The van der Waals surface area contributed by atoms with Crippen LogP contribution in [0.25, 0.3) is 0 Å². The fourth-order valence-electron chi connectivity index (χ4n) is 2.19. The van der Waals surface area contributed by atoms with Crippen molar-refractivity contribution in [3.63, 3.8) is 0 Å². The number of rotatable bonds is 10. The van der Waals surface area contributed by atoms with Crippen molar-refractivity contribution in [3.8, 4) is 12.1 Å². The number of nitriles is 2. The molecule has 2 amide bonds. The zero-order chi connectivity index (χ0) is 22.3. The molecule has 0 aliphatic rings. The topological polar surface area (TPSA) is 130 Å². The maximum atomic E-state index is 11.7. The van der Waals surface area contributed by atoms with Crippen molar-refractivity contribution in [2.75, 3.05) is 11.5 Å². The molecule has 2 aromatic carbocycles. The molecule has 0 heterocycles. The van der Waals surface area contributed by atoms with Crippen LogP contribution in [-0.2, 0) is 9.59 Å². The Morgan fingerprint density at radius 2 is 1.16 bits per heavy atom. The number of hydrazone groups is 2. The fraction of sp³-hybridized carbons (Fsp3) is 0.182. The zero-order valence-electron chi connectivity index (χ0n) is 16.6. The van der Waals surface area contributed by atoms with Crippen LogP contribution in [0.1, 0.15) is 35.1 Å². The molecule has 0 saturated carbocycles. The highest BCUT2D eigenvalue weighted by molar-refractivity contribution is 7.99. The Kier molecular flexibility index (Phi) is 10.0. The van der Waals surface area contributed by atoms with E-state index in [1.807, 2.05) is 12.1 Å². The second-order valence-electron chi connectivity index (χ2n) is 6.17. The van der Waals surface area contributed by atoms with Crippen molar-refractivity contribution in [2.45, 2.75) is 12.8 Å². The second kappa shape index (κ2) is 13.3. The van der Waals surface area contributed by atoms with E-state index in [4.69, 9.17) is 10.5 Å². The number of nitrogens with one attached hydrogen (secondary N) is 2. The molecule has 0 spiro atoms. The SMILES string of the molecule is N#Cc1ccc(C=NNC(=O)CCSCCC(=O)N/N=C/c2ccc(C#N)cc2)cc1. The van der Waals surface area contributed by atoms with Gasteiger partial charge in [-0.25, -0.2) is 10.9 Å². The highest BCUT2D eigenvalue weighted by Gasteiger charge is 2.02. The molecule has 0 aliphatic heterocycles. The molecule has 0 saturated heterocycles. The van der Waals surface area contributed by atoms with E-state index >= 15 is 0 Å². The Morgan fingerprint density at radius 3 is 1.52 bits per heavy atom. The molecule has 0 aromatic heterocycles. The Balaban J connectivity index is 1.55. The first-order valence-electron chi connectivity index (χ1n) is 9.32. The first kappa shape index (κ1) is 23.3. The second-order valence-corrected chi connectivity index (χ2v) is 7.39. The summed E-state index contributed by atoms with van der Waals surface area (Å²) in [4.78, 5) is 23.5. The third-order valence-corrected chi connectivity index (χ3v) is 4.82. The van der Waals surface area contributed by atoms with Gasteiger partial charge in [-0.2, -0.15) is 32.5 Å². The highest BCUT2D eigenvalue weighted by Crippen LogP contribution is 2.05. The van der Waals surface area contributed by atoms with Gasteiger partial charge in [0.05, 0.1) is 35.7 Å². The summed E-state index contributed by atoms with van der Waals surface area (Å²) in [6.07, 6.45) is 3.59. The summed E-state index contributed by atoms with van der Waals surface area (Å²) in [7, 11) is 0. The molecule has 2 N–H and O–H groups in total. The Bertz CT molecular complexity index is 934. The molecule has 8 nitrogen and oxygen atoms in total. The van der Waals surface area contributed by atoms with Crippen molar-refractivity contribution in [1.82, 2.24) is 10.9 Å². The number of carbonyl (C=O) groups excluding carboxylic acids is 2. The van der Waals surface area contributed by atoms with Crippen LogP contribution in [0.4, 0.5) is 0 Å². The van der Waals surface area contributed by atoms with Crippen molar-refractivity contribution in [3.05, 3.63) is 70.8 Å². The molecule has 0 radical (unpaired) electrons. The lowest BCUT2D eigenvalue weighted by atomic mass is 10.2. The van der Waals surface area contributed by atoms with E-state index in [1.165, 1.54) is 24.2 Å². The number of benzene rings is 2. The molecule has 0 bridgehead atoms. The van der Waals surface area contributed by atoms with Crippen molar-refractivity contribution >= 4 is 36.0 Å². The van der Waals surface area contributed by atoms with Crippen molar-refractivity contribution in [1.29, 1.82) is 10.5 Å². The number of hydrogen-bond donors (Lipinski definition) is 2. The van der Waals surface area contributed by atoms with Gasteiger partial charge in [-0.15, -0.1) is 0 Å². The third kappa shape index (κ3) is 9.39. The van der Waals surface area contributed by atoms with Crippen LogP contribution in [0.2, 0.25) is 0 Å². The number of amides is 2. The van der Waals surface area contributed by atoms with Gasteiger partial charge in [0.25, 0.3) is 0 Å². The zero-order valence-corrected chi connectivity index (χ0v) is 17.4. The summed E-state index contributed by atoms with van der Waals surface area (Å²) in [6.45, 7) is 0. The maximum absolute atomic E-state index is 11.7. The summed E-state index contributed by atoms with van der Waals surface area (Å²) >= 11 is 1.49. The van der Waals surface area contributed by atoms with E-state index in [2.05, 4.69) is 21.1 Å². The number of nitrogens with zero attached hydrogens (tertiary/aromatic N) is 4. The van der Waals surface area contributed by atoms with Gasteiger partial charge in [0, 0.05) is 24.3 Å². The molecule has 31 heavy (non-hydrogen) atoms. The molecule has 0 aliphatic carbocycles. The van der Waals surface area contributed by atoms with E-state index in [0.717, 1.165) is 11.1 Å². The van der Waals surface area contributed by atoms with Gasteiger partial charge in [0.15, 0.2) is 0 Å². The maximum Gasteiger partial charge on any atom is 0.240 e. The summed E-state index contributed by atoms with van der Waals surface area (Å²) in [6, 6.07) is 17.7. The number of carbonyl (C=O) groups is 2. The minimum Gasteiger partial charge on any atom is -0.273 e. The normalized spacial score (nSPS) is 10.5. The quantitative estimate of drug-likeness (QED) is 0.338. The predicted octanol–water partition coefficient (Wildman–Crippen LogP) is 2.54. The van der Waals surface area contributed by atoms with Crippen LogP contribution < -0.4 is 10.9 Å². The Hall–Kier alpha value is -3.95. The van der Waals surface area contributed by atoms with Crippen LogP contribution in [0.3, 0.4) is 0 Å². The molecule has 156 valence electrons. The molecule has 0 fully saturated rings. The third-order valence-electron chi connectivity index (χ3n) is 3.83. The van der Waals surface area contributed by atoms with Crippen LogP contribution in [0.15, 0.2) is 58.7 Å². The lowest BCUT2D eigenvalue weighted by Crippen LogP contribution is -2.19. The standard InChI is InChI=1S/C22H20N6O2S/c23-13-17-1-5-19(6-2-17)15-25-27-21(29)9-11-31-12-10-22(30)28-26-16-20-7-3-18(14-24)4-8-20/h1-8,15-16H,9-12H2,(H,27,29)(H,28,30)/b25-15+,26-16?. The lowest BCUT2D eigenvalue weighted by molar-refractivity contribution is -0.121. The van der Waals surface area contributed by atoms with Gasteiger partial charge in [0.2, 0.25) is 11.8 Å². The molecular formula is C22H20N6O2S. The monoisotopic (exact) mass is 432 g/mol. The first-order chi connectivity index (χ1) is 15.1. The van der Waals surface area contributed by atoms with E-state index in [1.54, 1.807) is 48.5 Å². The number of hydrogen-bond acceptors (Lipinski definition) is 7. The van der Waals surface area contributed by atoms with E-state index in [9.17, 15) is 9.59 Å². The van der Waals surface area contributed by atoms with Gasteiger partial charge in [0.1, 0.15) is 0 Å². The molecule has 9 heteroatoms. The average Bonchev–Trinajstić information content (AvgIpc) is 2.80. The van der Waals surface area contributed by atoms with Gasteiger partial charge < -0.3 is 0 Å². The van der Waals surface area contributed by atoms with Gasteiger partial charge in [-0.3, -0.25) is 9.59 Å². The first-order valence-corrected chi connectivity index (χ1v) is 10.5. The van der Waals surface area contributed by atoms with Crippen LogP contribution in [0.5, 0.6) is 0 Å². The van der Waals surface area contributed by atoms with Crippen LogP contribution >= 0.6 is 11.8 Å². The van der Waals surface area contributed by atoms with Crippen LogP contribution in [0, 0.1) is 22.7 Å². The minimum atomic E-state index is -0.214. The van der Waals surface area contributed by atoms with Gasteiger partial charge in [-0.1, -0.05) is 24.3 Å². The predicted molar refractivity (Wildman–Crippen MR) is 120 cm³/mol. The Morgan fingerprint density at radius 1 is 0.774 bits per heavy atom. The van der Waals surface area contributed by atoms with Crippen molar-refractivity contribution < 1.29 is 9.59 Å². The van der Waals surface area contributed by atoms with Gasteiger partial charge >= 0.3 is 0 Å². The molecule has 0 unspecified atom stereocenters. The summed E-state index contributed by atoms with van der Waals surface area (Å²) in [5.74, 6) is 0.711. The minimum absolute atomic E-state index is 0.214.